The van der Waals surface area contributed by atoms with Crippen molar-refractivity contribution >= 4 is 16.5 Å². The number of nitrogen functional groups attached to an aromatic ring is 1. The van der Waals surface area contributed by atoms with Crippen LogP contribution in [0.25, 0.3) is 0 Å². The summed E-state index contributed by atoms with van der Waals surface area (Å²) in [5.74, 6) is 5.26. The molecule has 0 spiro atoms. The van der Waals surface area contributed by atoms with E-state index in [4.69, 9.17) is 5.84 Å². The largest absolute Gasteiger partial charge is 0.300 e. The van der Waals surface area contributed by atoms with Crippen LogP contribution in [0, 0.1) is 0 Å². The molecule has 0 saturated carbocycles. The van der Waals surface area contributed by atoms with Gasteiger partial charge in [0.2, 0.25) is 0 Å². The molecule has 13 heavy (non-hydrogen) atoms. The Morgan fingerprint density at radius 1 is 1.54 bits per heavy atom. The first-order valence-electron chi connectivity index (χ1n) is 4.52. The van der Waals surface area contributed by atoms with Crippen LogP contribution >= 0.6 is 11.3 Å². The molecule has 1 aromatic rings. The summed E-state index contributed by atoms with van der Waals surface area (Å²) in [5.41, 5.74) is 3.69. The number of hydrogen-bond acceptors (Lipinski definition) is 5. The number of nitrogens with zero attached hydrogens (tertiary/aromatic N) is 2. The highest BCUT2D eigenvalue weighted by atomic mass is 32.1. The molecule has 2 heterocycles. The lowest BCUT2D eigenvalue weighted by molar-refractivity contribution is 0.328. The Morgan fingerprint density at radius 2 is 2.31 bits per heavy atom. The lowest BCUT2D eigenvalue weighted by Gasteiger charge is -2.11. The van der Waals surface area contributed by atoms with Gasteiger partial charge in [0.1, 0.15) is 0 Å². The van der Waals surface area contributed by atoms with Gasteiger partial charge >= 0.3 is 0 Å². The van der Waals surface area contributed by atoms with Gasteiger partial charge in [-0.05, 0) is 25.9 Å². The maximum Gasteiger partial charge on any atom is 0.197 e. The average Bonchev–Trinajstić information content (AvgIpc) is 2.76. The Kier molecular flexibility index (Phi) is 2.77. The molecule has 0 radical (unpaired) electrons. The first kappa shape index (κ1) is 8.93. The summed E-state index contributed by atoms with van der Waals surface area (Å²) in [6.07, 6.45) is 2.65. The Labute approximate surface area is 81.7 Å². The molecule has 1 aliphatic rings. The van der Waals surface area contributed by atoms with E-state index in [1.165, 1.54) is 25.9 Å². The average molecular weight is 198 g/mol. The zero-order chi connectivity index (χ0) is 9.10. The van der Waals surface area contributed by atoms with Crippen molar-refractivity contribution in [2.45, 2.75) is 19.4 Å². The highest BCUT2D eigenvalue weighted by Gasteiger charge is 2.12. The quantitative estimate of drug-likeness (QED) is 0.562. The summed E-state index contributed by atoms with van der Waals surface area (Å²) in [4.78, 5) is 6.76. The second kappa shape index (κ2) is 4.04. The third-order valence-electron chi connectivity index (χ3n) is 2.26. The maximum absolute atomic E-state index is 5.26. The molecule has 0 unspecified atom stereocenters. The third-order valence-corrected chi connectivity index (χ3v) is 3.08. The zero-order valence-corrected chi connectivity index (χ0v) is 8.31. The van der Waals surface area contributed by atoms with Crippen LogP contribution in [-0.2, 0) is 6.54 Å². The Morgan fingerprint density at radius 3 is 2.92 bits per heavy atom. The number of hydrogen-bond donors (Lipinski definition) is 2. The standard InChI is InChI=1S/C8H14N4S/c9-11-8-10-7(6-13-8)5-12-3-1-2-4-12/h6H,1-5,9H2,(H,10,11). The molecule has 1 fully saturated rings. The number of likely N-dealkylation sites (tertiary alicyclic amines) is 1. The number of aromatic nitrogens is 1. The van der Waals surface area contributed by atoms with Crippen molar-refractivity contribution in [1.82, 2.24) is 9.88 Å². The van der Waals surface area contributed by atoms with Crippen molar-refractivity contribution in [3.8, 4) is 0 Å². The van der Waals surface area contributed by atoms with Gasteiger partial charge in [0, 0.05) is 11.9 Å². The molecule has 5 heteroatoms. The first-order valence-corrected chi connectivity index (χ1v) is 5.40. The van der Waals surface area contributed by atoms with Gasteiger partial charge < -0.3 is 0 Å². The topological polar surface area (TPSA) is 54.2 Å². The third kappa shape index (κ3) is 2.18. The molecule has 0 aliphatic carbocycles. The molecule has 1 aromatic heterocycles. The molecule has 1 aliphatic heterocycles. The number of hydrazine groups is 1. The van der Waals surface area contributed by atoms with Crippen molar-refractivity contribution in [3.63, 3.8) is 0 Å². The van der Waals surface area contributed by atoms with Crippen LogP contribution in [0.2, 0.25) is 0 Å². The lowest BCUT2D eigenvalue weighted by Crippen LogP contribution is -2.18. The minimum Gasteiger partial charge on any atom is -0.300 e. The van der Waals surface area contributed by atoms with Crippen molar-refractivity contribution in [1.29, 1.82) is 0 Å². The molecule has 1 saturated heterocycles. The van der Waals surface area contributed by atoms with Gasteiger partial charge in [0.25, 0.3) is 0 Å². The summed E-state index contributed by atoms with van der Waals surface area (Å²) >= 11 is 1.56. The van der Waals surface area contributed by atoms with Crippen LogP contribution in [0.15, 0.2) is 5.38 Å². The second-order valence-corrected chi connectivity index (χ2v) is 4.13. The monoisotopic (exact) mass is 198 g/mol. The van der Waals surface area contributed by atoms with Crippen LogP contribution < -0.4 is 11.3 Å². The highest BCUT2D eigenvalue weighted by molar-refractivity contribution is 7.13. The van der Waals surface area contributed by atoms with E-state index in [0.717, 1.165) is 17.4 Å². The van der Waals surface area contributed by atoms with Gasteiger partial charge in [-0.25, -0.2) is 10.8 Å². The summed E-state index contributed by atoms with van der Waals surface area (Å²) in [5, 5.41) is 2.86. The molecule has 0 amide bonds. The molecular weight excluding hydrogens is 184 g/mol. The highest BCUT2D eigenvalue weighted by Crippen LogP contribution is 2.17. The van der Waals surface area contributed by atoms with Crippen molar-refractivity contribution in [3.05, 3.63) is 11.1 Å². The summed E-state index contributed by atoms with van der Waals surface area (Å²) in [6.45, 7) is 3.39. The van der Waals surface area contributed by atoms with Gasteiger partial charge in [-0.1, -0.05) is 0 Å². The van der Waals surface area contributed by atoms with E-state index in [2.05, 4.69) is 20.7 Å². The predicted molar refractivity (Wildman–Crippen MR) is 54.4 cm³/mol. The first-order chi connectivity index (χ1) is 6.38. The minimum absolute atomic E-state index is 0.800. The number of anilines is 1. The van der Waals surface area contributed by atoms with Gasteiger partial charge in [-0.2, -0.15) is 0 Å². The van der Waals surface area contributed by atoms with E-state index in [1.54, 1.807) is 11.3 Å². The van der Waals surface area contributed by atoms with Gasteiger partial charge in [0.05, 0.1) is 5.69 Å². The normalized spacial score (nSPS) is 17.9. The lowest BCUT2D eigenvalue weighted by atomic mass is 10.4. The van der Waals surface area contributed by atoms with Gasteiger partial charge in [0.15, 0.2) is 5.13 Å². The van der Waals surface area contributed by atoms with Crippen LogP contribution in [0.3, 0.4) is 0 Å². The molecular formula is C8H14N4S. The Balaban J connectivity index is 1.92. The molecule has 72 valence electrons. The van der Waals surface area contributed by atoms with E-state index in [9.17, 15) is 0 Å². The SMILES string of the molecule is NNc1nc(CN2CCCC2)cs1. The summed E-state index contributed by atoms with van der Waals surface area (Å²) in [6, 6.07) is 0. The van der Waals surface area contributed by atoms with Crippen LogP contribution in [0.4, 0.5) is 5.13 Å². The molecule has 2 rings (SSSR count). The van der Waals surface area contributed by atoms with Gasteiger partial charge in [-0.15, -0.1) is 11.3 Å². The van der Waals surface area contributed by atoms with Crippen molar-refractivity contribution < 1.29 is 0 Å². The van der Waals surface area contributed by atoms with Crippen molar-refractivity contribution in [2.24, 2.45) is 5.84 Å². The van der Waals surface area contributed by atoms with Gasteiger partial charge in [-0.3, -0.25) is 10.3 Å². The predicted octanol–water partition coefficient (Wildman–Crippen LogP) is 1.02. The minimum atomic E-state index is 0.800. The summed E-state index contributed by atoms with van der Waals surface area (Å²) < 4.78 is 0. The second-order valence-electron chi connectivity index (χ2n) is 3.27. The Bertz CT molecular complexity index is 267. The van der Waals surface area contributed by atoms with E-state index < -0.39 is 0 Å². The van der Waals surface area contributed by atoms with E-state index in [-0.39, 0.29) is 0 Å². The Hall–Kier alpha value is -0.650. The van der Waals surface area contributed by atoms with E-state index in [1.807, 2.05) is 0 Å². The molecule has 0 bridgehead atoms. The number of nitrogens with one attached hydrogen (secondary N) is 1. The van der Waals surface area contributed by atoms with E-state index >= 15 is 0 Å². The molecule has 4 nitrogen and oxygen atoms in total. The molecule has 3 N–H and O–H groups in total. The van der Waals surface area contributed by atoms with Crippen LogP contribution in [0.1, 0.15) is 18.5 Å². The zero-order valence-electron chi connectivity index (χ0n) is 7.49. The van der Waals surface area contributed by atoms with E-state index in [0.29, 0.717) is 0 Å². The number of rotatable bonds is 3. The van der Waals surface area contributed by atoms with Crippen molar-refractivity contribution in [2.75, 3.05) is 18.5 Å². The molecule has 0 atom stereocenters. The number of nitrogens with two attached hydrogens (primary N) is 1. The fourth-order valence-corrected chi connectivity index (χ4v) is 2.23. The van der Waals surface area contributed by atoms with Crippen LogP contribution in [-0.4, -0.2) is 23.0 Å². The fourth-order valence-electron chi connectivity index (χ4n) is 1.62. The van der Waals surface area contributed by atoms with Crippen LogP contribution in [0.5, 0.6) is 0 Å². The fraction of sp³-hybridized carbons (Fsp3) is 0.625. The smallest absolute Gasteiger partial charge is 0.197 e. The summed E-state index contributed by atoms with van der Waals surface area (Å²) in [7, 11) is 0. The molecule has 0 aromatic carbocycles. The maximum atomic E-state index is 5.26. The number of thiazole rings is 1.